The minimum absolute atomic E-state index is 0.536. The van der Waals surface area contributed by atoms with Crippen LogP contribution < -0.4 is 5.32 Å². The number of oxazole rings is 1. The molecule has 4 heteroatoms. The van der Waals surface area contributed by atoms with Crippen LogP contribution in [-0.2, 0) is 0 Å². The standard InChI is InChI=1S/C11H20N2OS/c1-4-6-9(12-3)10(5-2)15-11-13-7-8-14-11/h7-10,12H,4-6H2,1-3H3. The maximum atomic E-state index is 5.26. The average molecular weight is 228 g/mol. The Morgan fingerprint density at radius 3 is 2.80 bits per heavy atom. The summed E-state index contributed by atoms with van der Waals surface area (Å²) in [6.07, 6.45) is 6.85. The molecule has 0 aliphatic carbocycles. The van der Waals surface area contributed by atoms with E-state index >= 15 is 0 Å². The largest absolute Gasteiger partial charge is 0.440 e. The average Bonchev–Trinajstić information content (AvgIpc) is 2.75. The summed E-state index contributed by atoms with van der Waals surface area (Å²) in [5, 5.41) is 4.69. The third-order valence-electron chi connectivity index (χ3n) is 2.48. The van der Waals surface area contributed by atoms with Gasteiger partial charge in [-0.05, 0) is 19.9 Å². The highest BCUT2D eigenvalue weighted by Gasteiger charge is 2.20. The fraction of sp³-hybridized carbons (Fsp3) is 0.727. The van der Waals surface area contributed by atoms with Crippen molar-refractivity contribution in [1.82, 2.24) is 10.3 Å². The Kier molecular flexibility index (Phi) is 5.79. The molecule has 1 rings (SSSR count). The summed E-state index contributed by atoms with van der Waals surface area (Å²) in [4.78, 5) is 4.15. The van der Waals surface area contributed by atoms with Gasteiger partial charge in [0.2, 0.25) is 0 Å². The fourth-order valence-electron chi connectivity index (χ4n) is 1.68. The molecule has 3 nitrogen and oxygen atoms in total. The molecule has 0 saturated carbocycles. The zero-order chi connectivity index (χ0) is 11.1. The second kappa shape index (κ2) is 6.90. The van der Waals surface area contributed by atoms with E-state index in [1.807, 2.05) is 7.05 Å². The van der Waals surface area contributed by atoms with E-state index in [1.165, 1.54) is 12.8 Å². The first kappa shape index (κ1) is 12.6. The van der Waals surface area contributed by atoms with Crippen molar-refractivity contribution < 1.29 is 4.42 Å². The van der Waals surface area contributed by atoms with Gasteiger partial charge >= 0.3 is 0 Å². The van der Waals surface area contributed by atoms with Gasteiger partial charge < -0.3 is 9.73 Å². The molecule has 86 valence electrons. The van der Waals surface area contributed by atoms with E-state index in [0.717, 1.165) is 11.6 Å². The number of aromatic nitrogens is 1. The molecule has 0 spiro atoms. The summed E-state index contributed by atoms with van der Waals surface area (Å²) in [5.74, 6) is 0. The van der Waals surface area contributed by atoms with Crippen molar-refractivity contribution in [2.24, 2.45) is 0 Å². The normalized spacial score (nSPS) is 15.1. The summed E-state index contributed by atoms with van der Waals surface area (Å²) >= 11 is 1.73. The topological polar surface area (TPSA) is 38.1 Å². The fourth-order valence-corrected chi connectivity index (χ4v) is 2.77. The molecule has 1 aromatic rings. The Hall–Kier alpha value is -0.480. The van der Waals surface area contributed by atoms with Gasteiger partial charge in [0, 0.05) is 11.3 Å². The first-order chi connectivity index (χ1) is 7.31. The van der Waals surface area contributed by atoms with E-state index in [0.29, 0.717) is 11.3 Å². The Balaban J connectivity index is 2.53. The van der Waals surface area contributed by atoms with Crippen molar-refractivity contribution in [3.63, 3.8) is 0 Å². The number of rotatable bonds is 7. The zero-order valence-corrected chi connectivity index (χ0v) is 10.5. The van der Waals surface area contributed by atoms with E-state index < -0.39 is 0 Å². The van der Waals surface area contributed by atoms with Crippen molar-refractivity contribution in [1.29, 1.82) is 0 Å². The lowest BCUT2D eigenvalue weighted by Gasteiger charge is -2.23. The minimum atomic E-state index is 0.536. The Morgan fingerprint density at radius 1 is 1.53 bits per heavy atom. The monoisotopic (exact) mass is 228 g/mol. The van der Waals surface area contributed by atoms with Crippen LogP contribution in [0.5, 0.6) is 0 Å². The predicted octanol–water partition coefficient (Wildman–Crippen LogP) is 2.93. The summed E-state index contributed by atoms with van der Waals surface area (Å²) in [7, 11) is 2.03. The second-order valence-electron chi connectivity index (χ2n) is 3.55. The van der Waals surface area contributed by atoms with Crippen molar-refractivity contribution >= 4 is 11.8 Å². The lowest BCUT2D eigenvalue weighted by atomic mass is 10.1. The Bertz CT molecular complexity index is 251. The SMILES string of the molecule is CCCC(NC)C(CC)Sc1ncco1. The third-order valence-corrected chi connectivity index (χ3v) is 3.85. The van der Waals surface area contributed by atoms with E-state index in [9.17, 15) is 0 Å². The van der Waals surface area contributed by atoms with Crippen LogP contribution in [0.4, 0.5) is 0 Å². The van der Waals surface area contributed by atoms with Gasteiger partial charge in [0.15, 0.2) is 0 Å². The van der Waals surface area contributed by atoms with Crippen molar-refractivity contribution in [2.75, 3.05) is 7.05 Å². The van der Waals surface area contributed by atoms with Crippen LogP contribution in [0.15, 0.2) is 22.1 Å². The lowest BCUT2D eigenvalue weighted by molar-refractivity contribution is 0.444. The highest BCUT2D eigenvalue weighted by atomic mass is 32.2. The van der Waals surface area contributed by atoms with Crippen LogP contribution in [0, 0.1) is 0 Å². The molecular formula is C11H20N2OS. The van der Waals surface area contributed by atoms with E-state index in [4.69, 9.17) is 4.42 Å². The van der Waals surface area contributed by atoms with Gasteiger partial charge in [0.1, 0.15) is 6.26 Å². The predicted molar refractivity (Wildman–Crippen MR) is 64.2 cm³/mol. The minimum Gasteiger partial charge on any atom is -0.440 e. The van der Waals surface area contributed by atoms with Crippen molar-refractivity contribution in [2.45, 2.75) is 49.6 Å². The van der Waals surface area contributed by atoms with E-state index in [1.54, 1.807) is 24.2 Å². The molecule has 0 aliphatic rings. The third kappa shape index (κ3) is 3.87. The molecule has 1 N–H and O–H groups in total. The summed E-state index contributed by atoms with van der Waals surface area (Å²) in [6.45, 7) is 4.42. The quantitative estimate of drug-likeness (QED) is 0.728. The highest BCUT2D eigenvalue weighted by Crippen LogP contribution is 2.27. The second-order valence-corrected chi connectivity index (χ2v) is 4.74. The zero-order valence-electron chi connectivity index (χ0n) is 9.69. The van der Waals surface area contributed by atoms with E-state index in [-0.39, 0.29) is 0 Å². The molecule has 0 fully saturated rings. The molecule has 0 amide bonds. The van der Waals surface area contributed by atoms with Crippen LogP contribution in [0.3, 0.4) is 0 Å². The van der Waals surface area contributed by atoms with Crippen LogP contribution >= 0.6 is 11.8 Å². The molecule has 0 aliphatic heterocycles. The molecule has 2 atom stereocenters. The molecule has 1 heterocycles. The Morgan fingerprint density at radius 2 is 2.33 bits per heavy atom. The van der Waals surface area contributed by atoms with Crippen molar-refractivity contribution in [3.05, 3.63) is 12.5 Å². The van der Waals surface area contributed by atoms with Gasteiger partial charge in [-0.3, -0.25) is 0 Å². The molecule has 0 aromatic carbocycles. The maximum Gasteiger partial charge on any atom is 0.255 e. The van der Waals surface area contributed by atoms with Crippen LogP contribution in [0.2, 0.25) is 0 Å². The molecule has 0 bridgehead atoms. The van der Waals surface area contributed by atoms with Crippen LogP contribution in [0.25, 0.3) is 0 Å². The molecule has 0 radical (unpaired) electrons. The van der Waals surface area contributed by atoms with Gasteiger partial charge in [-0.1, -0.05) is 32.0 Å². The highest BCUT2D eigenvalue weighted by molar-refractivity contribution is 7.99. The van der Waals surface area contributed by atoms with Crippen molar-refractivity contribution in [3.8, 4) is 0 Å². The molecule has 1 aromatic heterocycles. The molecule has 15 heavy (non-hydrogen) atoms. The number of nitrogens with zero attached hydrogens (tertiary/aromatic N) is 1. The van der Waals surface area contributed by atoms with E-state index in [2.05, 4.69) is 24.1 Å². The molecular weight excluding hydrogens is 208 g/mol. The van der Waals surface area contributed by atoms with Gasteiger partial charge in [-0.15, -0.1) is 0 Å². The molecule has 2 unspecified atom stereocenters. The number of nitrogens with one attached hydrogen (secondary N) is 1. The first-order valence-electron chi connectivity index (χ1n) is 5.55. The number of thioether (sulfide) groups is 1. The van der Waals surface area contributed by atoms with Crippen LogP contribution in [-0.4, -0.2) is 23.3 Å². The van der Waals surface area contributed by atoms with Gasteiger partial charge in [-0.25, -0.2) is 4.98 Å². The Labute approximate surface area is 96.0 Å². The van der Waals surface area contributed by atoms with Gasteiger partial charge in [0.25, 0.3) is 5.22 Å². The summed E-state index contributed by atoms with van der Waals surface area (Å²) in [6, 6.07) is 0.539. The van der Waals surface area contributed by atoms with Gasteiger partial charge in [0.05, 0.1) is 6.20 Å². The lowest BCUT2D eigenvalue weighted by Crippen LogP contribution is -2.35. The number of hydrogen-bond donors (Lipinski definition) is 1. The van der Waals surface area contributed by atoms with Crippen LogP contribution in [0.1, 0.15) is 33.1 Å². The van der Waals surface area contributed by atoms with Gasteiger partial charge in [-0.2, -0.15) is 0 Å². The number of hydrogen-bond acceptors (Lipinski definition) is 4. The summed E-state index contributed by atoms with van der Waals surface area (Å²) in [5.41, 5.74) is 0. The summed E-state index contributed by atoms with van der Waals surface area (Å²) < 4.78 is 5.26. The molecule has 0 saturated heterocycles. The first-order valence-corrected chi connectivity index (χ1v) is 6.43. The maximum absolute atomic E-state index is 5.26. The smallest absolute Gasteiger partial charge is 0.255 e.